The first-order chi connectivity index (χ1) is 18.3. The van der Waals surface area contributed by atoms with E-state index in [9.17, 15) is 49.5 Å². The minimum Gasteiger partial charge on any atom is -0.480 e. The normalized spacial score (nSPS) is 18.2. The summed E-state index contributed by atoms with van der Waals surface area (Å²) in [6.45, 7) is -2.84. The number of carboxylic acid groups (broad SMARTS) is 5. The van der Waals surface area contributed by atoms with Gasteiger partial charge in [0.05, 0.1) is 32.7 Å². The first kappa shape index (κ1) is 31.5. The molecule has 0 radical (unpaired) electrons. The lowest BCUT2D eigenvalue weighted by molar-refractivity contribution is -0.146. The van der Waals surface area contributed by atoms with Crippen LogP contribution in [-0.4, -0.2) is 127 Å². The van der Waals surface area contributed by atoms with Crippen LogP contribution in [0.3, 0.4) is 0 Å². The van der Waals surface area contributed by atoms with Crippen molar-refractivity contribution in [1.29, 1.82) is 0 Å². The predicted molar refractivity (Wildman–Crippen MR) is 137 cm³/mol. The molecule has 3 atom stereocenters. The Labute approximate surface area is 225 Å². The molecule has 1 aromatic rings. The summed E-state index contributed by atoms with van der Waals surface area (Å²) in [6, 6.07) is 4.83. The third-order valence-corrected chi connectivity index (χ3v) is 6.74. The van der Waals surface area contributed by atoms with E-state index in [1.54, 1.807) is 29.2 Å². The van der Waals surface area contributed by atoms with Gasteiger partial charge >= 0.3 is 29.8 Å². The zero-order valence-corrected chi connectivity index (χ0v) is 21.5. The number of rotatable bonds is 17. The summed E-state index contributed by atoms with van der Waals surface area (Å²) in [6.07, 6.45) is 2.47. The molecule has 1 aliphatic rings. The summed E-state index contributed by atoms with van der Waals surface area (Å²) in [7, 11) is 0. The lowest BCUT2D eigenvalue weighted by Gasteiger charge is -2.45. The van der Waals surface area contributed by atoms with Crippen molar-refractivity contribution >= 4 is 35.5 Å². The molecule has 1 fully saturated rings. The SMILES string of the molecule is Nc1ccc(C[C@@H](CN(CC(=O)O)[C@@H]2CCCC[C@H]2N(CC(=O)O)CC(=O)O)N(CC(=O)O)CC(=O)O)cc1. The van der Waals surface area contributed by atoms with Crippen LogP contribution in [0, 0.1) is 0 Å². The van der Waals surface area contributed by atoms with Gasteiger partial charge in [0.1, 0.15) is 0 Å². The number of benzene rings is 1. The standard InChI is InChI=1S/C25H36N4O10/c26-17-7-5-16(6-8-17)9-18(27(11-21(30)31)12-22(32)33)10-28(13-23(34)35)19-3-1-2-4-20(19)29(14-24(36)37)15-25(38)39/h5-8,18-20H,1-4,9-15,26H2,(H,30,31)(H,32,33)(H,34,35)(H,36,37)(H,38,39)/t18-,19+,20+/m0/s1. The Morgan fingerprint density at radius 3 is 1.54 bits per heavy atom. The highest BCUT2D eigenvalue weighted by atomic mass is 16.4. The van der Waals surface area contributed by atoms with Gasteiger partial charge in [0.15, 0.2) is 0 Å². The van der Waals surface area contributed by atoms with Crippen molar-refractivity contribution in [2.75, 3.05) is 45.0 Å². The molecule has 0 spiro atoms. The molecule has 0 saturated heterocycles. The van der Waals surface area contributed by atoms with Gasteiger partial charge in [0.2, 0.25) is 0 Å². The van der Waals surface area contributed by atoms with Gasteiger partial charge in [0.25, 0.3) is 0 Å². The topological polar surface area (TPSA) is 222 Å². The molecular weight excluding hydrogens is 516 g/mol. The third kappa shape index (κ3) is 10.9. The highest BCUT2D eigenvalue weighted by molar-refractivity contribution is 5.73. The van der Waals surface area contributed by atoms with Gasteiger partial charge in [-0.25, -0.2) is 0 Å². The average molecular weight is 553 g/mol. The molecule has 0 aromatic heterocycles. The van der Waals surface area contributed by atoms with Crippen LogP contribution in [0.1, 0.15) is 31.2 Å². The van der Waals surface area contributed by atoms with Gasteiger partial charge in [-0.05, 0) is 37.0 Å². The maximum atomic E-state index is 11.9. The molecule has 0 unspecified atom stereocenters. The van der Waals surface area contributed by atoms with Crippen LogP contribution < -0.4 is 5.73 Å². The monoisotopic (exact) mass is 552 g/mol. The van der Waals surface area contributed by atoms with Gasteiger partial charge in [0, 0.05) is 30.4 Å². The van der Waals surface area contributed by atoms with E-state index < -0.39 is 80.7 Å². The Balaban J connectivity index is 2.48. The van der Waals surface area contributed by atoms with Crippen LogP contribution in [0.5, 0.6) is 0 Å². The second-order valence-electron chi connectivity index (χ2n) is 9.73. The molecule has 216 valence electrons. The maximum absolute atomic E-state index is 11.9. The van der Waals surface area contributed by atoms with Gasteiger partial charge in [-0.3, -0.25) is 38.7 Å². The molecule has 1 aliphatic carbocycles. The van der Waals surface area contributed by atoms with Gasteiger partial charge in [-0.2, -0.15) is 0 Å². The zero-order valence-electron chi connectivity index (χ0n) is 21.5. The van der Waals surface area contributed by atoms with Crippen LogP contribution in [0.15, 0.2) is 24.3 Å². The van der Waals surface area contributed by atoms with Crippen molar-refractivity contribution in [2.45, 2.75) is 50.2 Å². The van der Waals surface area contributed by atoms with Crippen LogP contribution in [0.25, 0.3) is 0 Å². The van der Waals surface area contributed by atoms with E-state index >= 15 is 0 Å². The lowest BCUT2D eigenvalue weighted by Crippen LogP contribution is -2.59. The molecule has 39 heavy (non-hydrogen) atoms. The first-order valence-electron chi connectivity index (χ1n) is 12.5. The number of hydrogen-bond acceptors (Lipinski definition) is 9. The van der Waals surface area contributed by atoms with E-state index in [0.717, 1.165) is 5.56 Å². The van der Waals surface area contributed by atoms with Crippen LogP contribution in [-0.2, 0) is 30.4 Å². The molecule has 14 nitrogen and oxygen atoms in total. The van der Waals surface area contributed by atoms with E-state index in [1.165, 1.54) is 9.80 Å². The zero-order chi connectivity index (χ0) is 29.1. The predicted octanol–water partition coefficient (Wildman–Crippen LogP) is -0.180. The van der Waals surface area contributed by atoms with Gasteiger partial charge in [-0.1, -0.05) is 25.0 Å². The third-order valence-electron chi connectivity index (χ3n) is 6.74. The highest BCUT2D eigenvalue weighted by Gasteiger charge is 2.38. The van der Waals surface area contributed by atoms with Crippen molar-refractivity contribution in [2.24, 2.45) is 0 Å². The number of nitrogens with zero attached hydrogens (tertiary/aromatic N) is 3. The van der Waals surface area contributed by atoms with Gasteiger partial charge in [-0.15, -0.1) is 0 Å². The number of carbonyl (C=O) groups is 5. The molecule has 1 aromatic carbocycles. The molecule has 0 heterocycles. The average Bonchev–Trinajstić information content (AvgIpc) is 2.82. The minimum absolute atomic E-state index is 0.0492. The number of nitrogens with two attached hydrogens (primary N) is 1. The number of anilines is 1. The van der Waals surface area contributed by atoms with Crippen LogP contribution in [0.4, 0.5) is 5.69 Å². The van der Waals surface area contributed by atoms with Crippen molar-refractivity contribution in [1.82, 2.24) is 14.7 Å². The summed E-state index contributed by atoms with van der Waals surface area (Å²) < 4.78 is 0. The quantitative estimate of drug-likeness (QED) is 0.138. The molecule has 14 heteroatoms. The van der Waals surface area contributed by atoms with Crippen molar-refractivity contribution in [3.05, 3.63) is 29.8 Å². The summed E-state index contributed by atoms with van der Waals surface area (Å²) in [5.41, 5.74) is 6.99. The van der Waals surface area contributed by atoms with E-state index in [2.05, 4.69) is 0 Å². The molecule has 0 aliphatic heterocycles. The van der Waals surface area contributed by atoms with Crippen LogP contribution >= 0.6 is 0 Å². The van der Waals surface area contributed by atoms with E-state index in [0.29, 0.717) is 31.4 Å². The fraction of sp³-hybridized carbons (Fsp3) is 0.560. The van der Waals surface area contributed by atoms with Crippen molar-refractivity contribution in [3.63, 3.8) is 0 Å². The Hall–Kier alpha value is -3.75. The summed E-state index contributed by atoms with van der Waals surface area (Å²) in [5.74, 6) is -6.14. The fourth-order valence-electron chi connectivity index (χ4n) is 5.24. The molecule has 0 amide bonds. The van der Waals surface area contributed by atoms with Crippen molar-refractivity contribution in [3.8, 4) is 0 Å². The van der Waals surface area contributed by atoms with E-state index in [4.69, 9.17) is 5.73 Å². The smallest absolute Gasteiger partial charge is 0.317 e. The number of aliphatic carboxylic acids is 5. The summed E-state index contributed by atoms with van der Waals surface area (Å²) in [4.78, 5) is 62.4. The molecule has 7 N–H and O–H groups in total. The molecule has 1 saturated carbocycles. The van der Waals surface area contributed by atoms with E-state index in [-0.39, 0.29) is 13.0 Å². The molecule has 0 bridgehead atoms. The number of carboxylic acids is 5. The minimum atomic E-state index is -1.26. The fourth-order valence-corrected chi connectivity index (χ4v) is 5.24. The Bertz CT molecular complexity index is 987. The second-order valence-corrected chi connectivity index (χ2v) is 9.73. The Morgan fingerprint density at radius 2 is 1.10 bits per heavy atom. The lowest BCUT2D eigenvalue weighted by atomic mass is 9.87. The summed E-state index contributed by atoms with van der Waals surface area (Å²) in [5, 5.41) is 47.5. The number of nitrogen functional groups attached to an aromatic ring is 1. The number of hydrogen-bond donors (Lipinski definition) is 6. The van der Waals surface area contributed by atoms with Gasteiger partial charge < -0.3 is 31.3 Å². The largest absolute Gasteiger partial charge is 0.480 e. The van der Waals surface area contributed by atoms with Crippen molar-refractivity contribution < 1.29 is 49.5 Å². The molecule has 2 rings (SSSR count). The second kappa shape index (κ2) is 15.0. The maximum Gasteiger partial charge on any atom is 0.317 e. The van der Waals surface area contributed by atoms with E-state index in [1.807, 2.05) is 0 Å². The highest BCUT2D eigenvalue weighted by Crippen LogP contribution is 2.28. The summed E-state index contributed by atoms with van der Waals surface area (Å²) >= 11 is 0. The Morgan fingerprint density at radius 1 is 0.692 bits per heavy atom. The van der Waals surface area contributed by atoms with Crippen LogP contribution in [0.2, 0.25) is 0 Å². The first-order valence-corrected chi connectivity index (χ1v) is 12.5. The Kier molecular flexibility index (Phi) is 12.1. The molecular formula is C25H36N4O10.